The van der Waals surface area contributed by atoms with E-state index < -0.39 is 5.92 Å². The Morgan fingerprint density at radius 3 is 2.60 bits per heavy atom. The zero-order valence-electron chi connectivity index (χ0n) is 12.4. The molecule has 2 N–H and O–H groups in total. The highest BCUT2D eigenvalue weighted by Gasteiger charge is 2.27. The van der Waals surface area contributed by atoms with E-state index in [9.17, 15) is 4.79 Å². The molecule has 0 radical (unpaired) electrons. The Morgan fingerprint density at radius 2 is 2.10 bits per heavy atom. The Labute approximate surface area is 125 Å². The molecule has 0 saturated heterocycles. The number of amides is 1. The standard InChI is InChI=1S/C15H22N2O2S/c1-10(2)13(14(16)20)15(18)17(3)9-11-6-5-7-12(8-11)19-4/h5-8,10,13H,9H2,1-4H3,(H2,16,20). The molecule has 0 aliphatic carbocycles. The summed E-state index contributed by atoms with van der Waals surface area (Å²) in [7, 11) is 3.38. The predicted molar refractivity (Wildman–Crippen MR) is 84.6 cm³/mol. The molecule has 0 heterocycles. The van der Waals surface area contributed by atoms with Crippen LogP contribution in [0.1, 0.15) is 19.4 Å². The summed E-state index contributed by atoms with van der Waals surface area (Å²) in [5.74, 6) is 0.404. The van der Waals surface area contributed by atoms with Crippen molar-refractivity contribution in [2.75, 3.05) is 14.2 Å². The average molecular weight is 294 g/mol. The van der Waals surface area contributed by atoms with Crippen LogP contribution in [0.3, 0.4) is 0 Å². The van der Waals surface area contributed by atoms with Crippen LogP contribution in [0, 0.1) is 11.8 Å². The average Bonchev–Trinajstić information content (AvgIpc) is 2.37. The van der Waals surface area contributed by atoms with E-state index in [0.717, 1.165) is 11.3 Å². The van der Waals surface area contributed by atoms with E-state index in [2.05, 4.69) is 0 Å². The van der Waals surface area contributed by atoms with Gasteiger partial charge in [0, 0.05) is 13.6 Å². The SMILES string of the molecule is COc1cccc(CN(C)C(=O)C(C(N)=S)C(C)C)c1. The molecule has 20 heavy (non-hydrogen) atoms. The van der Waals surface area contributed by atoms with E-state index in [4.69, 9.17) is 22.7 Å². The highest BCUT2D eigenvalue weighted by Crippen LogP contribution is 2.18. The van der Waals surface area contributed by atoms with Crippen LogP contribution in [0.2, 0.25) is 0 Å². The van der Waals surface area contributed by atoms with Crippen LogP contribution in [0.4, 0.5) is 0 Å². The van der Waals surface area contributed by atoms with Gasteiger partial charge in [0.1, 0.15) is 5.75 Å². The minimum atomic E-state index is -0.416. The molecular formula is C15H22N2O2S. The van der Waals surface area contributed by atoms with Gasteiger partial charge in [-0.1, -0.05) is 38.2 Å². The Bertz CT molecular complexity index is 489. The predicted octanol–water partition coefficient (Wildman–Crippen LogP) is 2.21. The number of rotatable bonds is 6. The summed E-state index contributed by atoms with van der Waals surface area (Å²) in [6, 6.07) is 7.64. The second kappa shape index (κ2) is 7.24. The third kappa shape index (κ3) is 4.20. The molecule has 1 unspecified atom stereocenters. The smallest absolute Gasteiger partial charge is 0.232 e. The van der Waals surface area contributed by atoms with E-state index in [1.807, 2.05) is 38.1 Å². The maximum Gasteiger partial charge on any atom is 0.232 e. The van der Waals surface area contributed by atoms with Gasteiger partial charge >= 0.3 is 0 Å². The molecule has 0 spiro atoms. The lowest BCUT2D eigenvalue weighted by atomic mass is 9.94. The number of nitrogens with zero attached hydrogens (tertiary/aromatic N) is 1. The number of carbonyl (C=O) groups is 1. The largest absolute Gasteiger partial charge is 0.497 e. The third-order valence-electron chi connectivity index (χ3n) is 3.17. The zero-order chi connectivity index (χ0) is 15.3. The molecule has 1 aromatic rings. The number of thiocarbonyl (C=S) groups is 1. The van der Waals surface area contributed by atoms with Gasteiger partial charge in [0.05, 0.1) is 18.0 Å². The maximum atomic E-state index is 12.4. The number of benzene rings is 1. The normalized spacial score (nSPS) is 12.1. The van der Waals surface area contributed by atoms with Crippen molar-refractivity contribution >= 4 is 23.1 Å². The summed E-state index contributed by atoms with van der Waals surface area (Å²) in [6.07, 6.45) is 0. The summed E-state index contributed by atoms with van der Waals surface area (Å²) in [5, 5.41) is 0. The molecule has 0 aliphatic heterocycles. The molecule has 0 aromatic heterocycles. The van der Waals surface area contributed by atoms with E-state index >= 15 is 0 Å². The summed E-state index contributed by atoms with van der Waals surface area (Å²) in [4.78, 5) is 14.3. The maximum absolute atomic E-state index is 12.4. The lowest BCUT2D eigenvalue weighted by Gasteiger charge is -2.25. The first-order valence-corrected chi connectivity index (χ1v) is 6.94. The summed E-state index contributed by atoms with van der Waals surface area (Å²) in [5.41, 5.74) is 6.68. The van der Waals surface area contributed by atoms with Crippen LogP contribution >= 0.6 is 12.2 Å². The molecule has 0 aliphatic rings. The quantitative estimate of drug-likeness (QED) is 0.817. The van der Waals surface area contributed by atoms with Crippen LogP contribution in [0.25, 0.3) is 0 Å². The van der Waals surface area contributed by atoms with Gasteiger partial charge < -0.3 is 15.4 Å². The number of hydrogen-bond acceptors (Lipinski definition) is 3. The molecule has 0 saturated carbocycles. The van der Waals surface area contributed by atoms with Crippen molar-refractivity contribution in [1.82, 2.24) is 4.90 Å². The highest BCUT2D eigenvalue weighted by atomic mass is 32.1. The number of nitrogens with two attached hydrogens (primary N) is 1. The molecule has 1 rings (SSSR count). The van der Waals surface area contributed by atoms with Gasteiger partial charge in [0.15, 0.2) is 0 Å². The first-order valence-electron chi connectivity index (χ1n) is 6.54. The van der Waals surface area contributed by atoms with Gasteiger partial charge in [-0.3, -0.25) is 4.79 Å². The van der Waals surface area contributed by atoms with Crippen molar-refractivity contribution in [2.24, 2.45) is 17.6 Å². The fourth-order valence-electron chi connectivity index (χ4n) is 2.10. The van der Waals surface area contributed by atoms with Crippen LogP contribution in [-0.2, 0) is 11.3 Å². The minimum absolute atomic E-state index is 0.0460. The summed E-state index contributed by atoms with van der Waals surface area (Å²) in [6.45, 7) is 4.39. The molecule has 0 bridgehead atoms. The van der Waals surface area contributed by atoms with Crippen molar-refractivity contribution in [3.63, 3.8) is 0 Å². The van der Waals surface area contributed by atoms with Crippen molar-refractivity contribution in [1.29, 1.82) is 0 Å². The fourth-order valence-corrected chi connectivity index (χ4v) is 2.47. The van der Waals surface area contributed by atoms with Gasteiger partial charge in [-0.2, -0.15) is 0 Å². The van der Waals surface area contributed by atoms with Gasteiger partial charge in [0.2, 0.25) is 5.91 Å². The summed E-state index contributed by atoms with van der Waals surface area (Å²) >= 11 is 5.00. The zero-order valence-corrected chi connectivity index (χ0v) is 13.2. The molecule has 1 amide bonds. The second-order valence-corrected chi connectivity index (χ2v) is 5.64. The fraction of sp³-hybridized carbons (Fsp3) is 0.467. The lowest BCUT2D eigenvalue weighted by Crippen LogP contribution is -2.41. The van der Waals surface area contributed by atoms with Crippen molar-refractivity contribution < 1.29 is 9.53 Å². The Balaban J connectivity index is 2.81. The first-order chi connectivity index (χ1) is 9.36. The Kier molecular flexibility index (Phi) is 5.95. The summed E-state index contributed by atoms with van der Waals surface area (Å²) < 4.78 is 5.18. The molecule has 0 fully saturated rings. The van der Waals surface area contributed by atoms with Gasteiger partial charge in [-0.05, 0) is 23.6 Å². The van der Waals surface area contributed by atoms with Crippen molar-refractivity contribution in [2.45, 2.75) is 20.4 Å². The Morgan fingerprint density at radius 1 is 1.45 bits per heavy atom. The third-order valence-corrected chi connectivity index (χ3v) is 3.42. The van der Waals surface area contributed by atoms with E-state index in [1.165, 1.54) is 0 Å². The van der Waals surface area contributed by atoms with Crippen LogP contribution < -0.4 is 10.5 Å². The van der Waals surface area contributed by atoms with E-state index in [1.54, 1.807) is 19.1 Å². The van der Waals surface area contributed by atoms with Crippen molar-refractivity contribution in [3.05, 3.63) is 29.8 Å². The number of carbonyl (C=O) groups excluding carboxylic acids is 1. The molecule has 1 atom stereocenters. The van der Waals surface area contributed by atoms with Gasteiger partial charge in [-0.25, -0.2) is 0 Å². The highest BCUT2D eigenvalue weighted by molar-refractivity contribution is 7.80. The molecule has 110 valence electrons. The Hall–Kier alpha value is -1.62. The number of ether oxygens (including phenoxy) is 1. The lowest BCUT2D eigenvalue weighted by molar-refractivity contribution is -0.133. The molecule has 4 nitrogen and oxygen atoms in total. The molecule has 1 aromatic carbocycles. The van der Waals surface area contributed by atoms with Crippen LogP contribution in [0.5, 0.6) is 5.75 Å². The first kappa shape index (κ1) is 16.4. The number of methoxy groups -OCH3 is 1. The molecular weight excluding hydrogens is 272 g/mol. The van der Waals surface area contributed by atoms with Gasteiger partial charge in [0.25, 0.3) is 0 Å². The van der Waals surface area contributed by atoms with Crippen LogP contribution in [-0.4, -0.2) is 30.0 Å². The van der Waals surface area contributed by atoms with Crippen LogP contribution in [0.15, 0.2) is 24.3 Å². The monoisotopic (exact) mass is 294 g/mol. The second-order valence-electron chi connectivity index (χ2n) is 5.17. The van der Waals surface area contributed by atoms with E-state index in [-0.39, 0.29) is 16.8 Å². The van der Waals surface area contributed by atoms with Crippen molar-refractivity contribution in [3.8, 4) is 5.75 Å². The van der Waals surface area contributed by atoms with Gasteiger partial charge in [-0.15, -0.1) is 0 Å². The minimum Gasteiger partial charge on any atom is -0.497 e. The van der Waals surface area contributed by atoms with E-state index in [0.29, 0.717) is 6.54 Å². The molecule has 5 heteroatoms. The topological polar surface area (TPSA) is 55.6 Å². The number of hydrogen-bond donors (Lipinski definition) is 1.